The molecule has 0 saturated heterocycles. The van der Waals surface area contributed by atoms with Crippen molar-refractivity contribution in [3.63, 3.8) is 0 Å². The summed E-state index contributed by atoms with van der Waals surface area (Å²) in [4.78, 5) is 11.8. The normalized spacial score (nSPS) is 13.4. The molecule has 1 aromatic heterocycles. The first kappa shape index (κ1) is 11.9. The molecule has 1 aliphatic carbocycles. The molecule has 0 spiro atoms. The fraction of sp³-hybridized carbons (Fsp3) is 0.286. The van der Waals surface area contributed by atoms with Gasteiger partial charge in [0.15, 0.2) is 5.69 Å². The Balaban J connectivity index is 2.18. The third-order valence-corrected chi connectivity index (χ3v) is 3.45. The quantitative estimate of drug-likeness (QED) is 0.894. The van der Waals surface area contributed by atoms with Gasteiger partial charge in [0, 0.05) is 18.3 Å². The van der Waals surface area contributed by atoms with Crippen molar-refractivity contribution in [2.75, 3.05) is 7.05 Å². The van der Waals surface area contributed by atoms with Crippen LogP contribution in [0.3, 0.4) is 0 Å². The summed E-state index contributed by atoms with van der Waals surface area (Å²) in [6.07, 6.45) is 2.63. The van der Waals surface area contributed by atoms with Crippen molar-refractivity contribution in [1.29, 1.82) is 0 Å². The second kappa shape index (κ2) is 4.50. The summed E-state index contributed by atoms with van der Waals surface area (Å²) in [5, 5.41) is 6.88. The molecule has 1 aliphatic rings. The molecule has 19 heavy (non-hydrogen) atoms. The number of amides is 1. The highest BCUT2D eigenvalue weighted by Gasteiger charge is 2.27. The molecule has 5 heteroatoms. The van der Waals surface area contributed by atoms with Gasteiger partial charge in [0.25, 0.3) is 5.91 Å². The van der Waals surface area contributed by atoms with Crippen LogP contribution in [0.15, 0.2) is 24.3 Å². The van der Waals surface area contributed by atoms with Crippen molar-refractivity contribution in [2.24, 2.45) is 0 Å². The molecule has 0 aliphatic heterocycles. The minimum Gasteiger partial charge on any atom is -0.354 e. The molecule has 0 unspecified atom stereocenters. The maximum absolute atomic E-state index is 13.9. The smallest absolute Gasteiger partial charge is 0.271 e. The van der Waals surface area contributed by atoms with Crippen LogP contribution < -0.4 is 5.32 Å². The first-order valence-electron chi connectivity index (χ1n) is 6.30. The highest BCUT2D eigenvalue weighted by Crippen LogP contribution is 2.28. The Morgan fingerprint density at radius 3 is 2.89 bits per heavy atom. The molecule has 1 heterocycles. The zero-order chi connectivity index (χ0) is 13.4. The molecule has 0 fully saturated rings. The summed E-state index contributed by atoms with van der Waals surface area (Å²) in [5.41, 5.74) is 2.71. The SMILES string of the molecule is CNC(=O)c1nn(-c2ccccc2F)c2c1CCC2. The molecular weight excluding hydrogens is 245 g/mol. The van der Waals surface area contributed by atoms with Crippen LogP contribution in [0.1, 0.15) is 28.2 Å². The van der Waals surface area contributed by atoms with Gasteiger partial charge in [-0.2, -0.15) is 5.10 Å². The average Bonchev–Trinajstić information content (AvgIpc) is 3.00. The fourth-order valence-electron chi connectivity index (χ4n) is 2.56. The van der Waals surface area contributed by atoms with E-state index in [1.54, 1.807) is 29.9 Å². The average molecular weight is 259 g/mol. The lowest BCUT2D eigenvalue weighted by atomic mass is 10.2. The lowest BCUT2D eigenvalue weighted by Crippen LogP contribution is -2.20. The van der Waals surface area contributed by atoms with Gasteiger partial charge in [-0.1, -0.05) is 12.1 Å². The number of para-hydroxylation sites is 1. The Kier molecular flexibility index (Phi) is 2.81. The van der Waals surface area contributed by atoms with E-state index in [9.17, 15) is 9.18 Å². The van der Waals surface area contributed by atoms with E-state index in [1.165, 1.54) is 6.07 Å². The third-order valence-electron chi connectivity index (χ3n) is 3.45. The van der Waals surface area contributed by atoms with Crippen molar-refractivity contribution >= 4 is 5.91 Å². The van der Waals surface area contributed by atoms with Crippen molar-refractivity contribution < 1.29 is 9.18 Å². The lowest BCUT2D eigenvalue weighted by molar-refractivity contribution is 0.0957. The summed E-state index contributed by atoms with van der Waals surface area (Å²) in [6.45, 7) is 0. The molecule has 0 radical (unpaired) electrons. The summed E-state index contributed by atoms with van der Waals surface area (Å²) >= 11 is 0. The van der Waals surface area contributed by atoms with Crippen LogP contribution >= 0.6 is 0 Å². The molecule has 0 bridgehead atoms. The van der Waals surface area contributed by atoms with E-state index in [0.29, 0.717) is 11.4 Å². The second-order valence-corrected chi connectivity index (χ2v) is 4.57. The van der Waals surface area contributed by atoms with Gasteiger partial charge in [-0.3, -0.25) is 4.79 Å². The summed E-state index contributed by atoms with van der Waals surface area (Å²) in [6, 6.07) is 6.48. The number of nitrogens with zero attached hydrogens (tertiary/aromatic N) is 2. The number of hydrogen-bond acceptors (Lipinski definition) is 2. The topological polar surface area (TPSA) is 46.9 Å². The van der Waals surface area contributed by atoms with E-state index in [4.69, 9.17) is 0 Å². The molecule has 0 saturated carbocycles. The summed E-state index contributed by atoms with van der Waals surface area (Å²) in [5.74, 6) is -0.545. The second-order valence-electron chi connectivity index (χ2n) is 4.57. The maximum Gasteiger partial charge on any atom is 0.271 e. The maximum atomic E-state index is 13.9. The number of hydrogen-bond donors (Lipinski definition) is 1. The number of nitrogens with one attached hydrogen (secondary N) is 1. The first-order valence-corrected chi connectivity index (χ1v) is 6.30. The highest BCUT2D eigenvalue weighted by molar-refractivity contribution is 5.94. The molecule has 1 N–H and O–H groups in total. The predicted molar refractivity (Wildman–Crippen MR) is 68.9 cm³/mol. The summed E-state index contributed by atoms with van der Waals surface area (Å²) < 4.78 is 15.4. The van der Waals surface area contributed by atoms with E-state index in [2.05, 4.69) is 10.4 Å². The highest BCUT2D eigenvalue weighted by atomic mass is 19.1. The van der Waals surface area contributed by atoms with E-state index < -0.39 is 0 Å². The number of carbonyl (C=O) groups is 1. The molecule has 4 nitrogen and oxygen atoms in total. The largest absolute Gasteiger partial charge is 0.354 e. The Hall–Kier alpha value is -2.17. The number of carbonyl (C=O) groups excluding carboxylic acids is 1. The van der Waals surface area contributed by atoms with Crippen LogP contribution in [0.2, 0.25) is 0 Å². The van der Waals surface area contributed by atoms with Crippen molar-refractivity contribution in [2.45, 2.75) is 19.3 Å². The molecule has 1 amide bonds. The van der Waals surface area contributed by atoms with Crippen LogP contribution in [0, 0.1) is 5.82 Å². The van der Waals surface area contributed by atoms with Gasteiger partial charge < -0.3 is 5.32 Å². The zero-order valence-electron chi connectivity index (χ0n) is 10.6. The third kappa shape index (κ3) is 1.82. The van der Waals surface area contributed by atoms with Gasteiger partial charge in [-0.15, -0.1) is 0 Å². The van der Waals surface area contributed by atoms with E-state index >= 15 is 0 Å². The molecule has 98 valence electrons. The number of fused-ring (bicyclic) bond motifs is 1. The Morgan fingerprint density at radius 1 is 1.37 bits per heavy atom. The van der Waals surface area contributed by atoms with Gasteiger partial charge in [-0.25, -0.2) is 9.07 Å². The van der Waals surface area contributed by atoms with Crippen molar-refractivity contribution in [1.82, 2.24) is 15.1 Å². The Morgan fingerprint density at radius 2 is 2.16 bits per heavy atom. The number of benzene rings is 1. The van der Waals surface area contributed by atoms with Gasteiger partial charge in [-0.05, 0) is 31.4 Å². The van der Waals surface area contributed by atoms with Crippen molar-refractivity contribution in [3.8, 4) is 5.69 Å². The molecular formula is C14H14FN3O. The first-order chi connectivity index (χ1) is 9.22. The van der Waals surface area contributed by atoms with Gasteiger partial charge >= 0.3 is 0 Å². The van der Waals surface area contributed by atoms with Crippen LogP contribution in [-0.4, -0.2) is 22.7 Å². The minimum atomic E-state index is -0.330. The van der Waals surface area contributed by atoms with Crippen molar-refractivity contribution in [3.05, 3.63) is 47.0 Å². The zero-order valence-corrected chi connectivity index (χ0v) is 10.6. The van der Waals surface area contributed by atoms with Crippen LogP contribution in [-0.2, 0) is 12.8 Å². The van der Waals surface area contributed by atoms with E-state index in [-0.39, 0.29) is 11.7 Å². The number of aromatic nitrogens is 2. The summed E-state index contributed by atoms with van der Waals surface area (Å²) in [7, 11) is 1.58. The molecule has 0 atom stereocenters. The fourth-order valence-corrected chi connectivity index (χ4v) is 2.56. The molecule has 3 rings (SSSR count). The Labute approximate surface area is 110 Å². The monoisotopic (exact) mass is 259 g/mol. The molecule has 1 aromatic carbocycles. The van der Waals surface area contributed by atoms with E-state index in [1.807, 2.05) is 0 Å². The van der Waals surface area contributed by atoms with Gasteiger partial charge in [0.1, 0.15) is 11.5 Å². The standard InChI is InChI=1S/C14H14FN3O/c1-16-14(19)13-9-5-4-8-11(9)18(17-13)12-7-3-2-6-10(12)15/h2-3,6-7H,4-5,8H2,1H3,(H,16,19). The van der Waals surface area contributed by atoms with Crippen LogP contribution in [0.5, 0.6) is 0 Å². The van der Waals surface area contributed by atoms with Gasteiger partial charge in [0.05, 0.1) is 0 Å². The number of halogens is 1. The number of rotatable bonds is 2. The van der Waals surface area contributed by atoms with Crippen LogP contribution in [0.4, 0.5) is 4.39 Å². The molecule has 2 aromatic rings. The Bertz CT molecular complexity index is 648. The van der Waals surface area contributed by atoms with Crippen LogP contribution in [0.25, 0.3) is 5.69 Å². The van der Waals surface area contributed by atoms with Gasteiger partial charge in [0.2, 0.25) is 0 Å². The lowest BCUT2D eigenvalue weighted by Gasteiger charge is -2.06. The minimum absolute atomic E-state index is 0.215. The predicted octanol–water partition coefficient (Wildman–Crippen LogP) is 1.86. The van der Waals surface area contributed by atoms with E-state index in [0.717, 1.165) is 30.5 Å².